The molecule has 0 aromatic carbocycles. The summed E-state index contributed by atoms with van der Waals surface area (Å²) in [6, 6.07) is 4.32. The topological polar surface area (TPSA) is 38.7 Å². The summed E-state index contributed by atoms with van der Waals surface area (Å²) in [5, 5.41) is 0. The maximum Gasteiger partial charge on any atom is 0.125 e. The molecule has 0 N–H and O–H groups in total. The first-order valence-corrected chi connectivity index (χ1v) is 9.00. The van der Waals surface area contributed by atoms with Crippen molar-refractivity contribution in [2.24, 2.45) is 0 Å². The van der Waals surface area contributed by atoms with Crippen LogP contribution in [-0.4, -0.2) is 15.0 Å². The van der Waals surface area contributed by atoms with Gasteiger partial charge in [0, 0.05) is 22.5 Å². The number of aryl methyl sites for hydroxylation is 4. The van der Waals surface area contributed by atoms with Crippen LogP contribution >= 0.6 is 0 Å². The van der Waals surface area contributed by atoms with E-state index >= 15 is 0 Å². The minimum atomic E-state index is 0.114. The smallest absolute Gasteiger partial charge is 0.125 e. The third-order valence-electron chi connectivity index (χ3n) is 4.16. The van der Waals surface area contributed by atoms with Crippen LogP contribution in [0, 0.1) is 34.6 Å². The Morgan fingerprint density at radius 3 is 1.52 bits per heavy atom. The third kappa shape index (κ3) is 6.22. The van der Waals surface area contributed by atoms with Crippen molar-refractivity contribution in [3.63, 3.8) is 0 Å². The second-order valence-corrected chi connectivity index (χ2v) is 8.97. The summed E-state index contributed by atoms with van der Waals surface area (Å²) in [6.07, 6.45) is 0. The molecule has 25 heavy (non-hydrogen) atoms. The van der Waals surface area contributed by atoms with Gasteiger partial charge in [-0.2, -0.15) is 0 Å². The van der Waals surface area contributed by atoms with Crippen molar-refractivity contribution in [1.29, 1.82) is 0 Å². The van der Waals surface area contributed by atoms with Gasteiger partial charge in [0.2, 0.25) is 0 Å². The van der Waals surface area contributed by atoms with Gasteiger partial charge >= 0.3 is 0 Å². The van der Waals surface area contributed by atoms with Gasteiger partial charge in [-0.1, -0.05) is 41.5 Å². The Morgan fingerprint density at radius 1 is 0.640 bits per heavy atom. The molecule has 0 aliphatic heterocycles. The van der Waals surface area contributed by atoms with Crippen molar-refractivity contribution in [1.82, 2.24) is 15.0 Å². The Balaban J connectivity index is 0.000000251. The minimum absolute atomic E-state index is 0.114. The molecular weight excluding hydrogens is 306 g/mol. The summed E-state index contributed by atoms with van der Waals surface area (Å²) in [7, 11) is 0. The molecule has 2 aromatic heterocycles. The first-order chi connectivity index (χ1) is 11.2. The molecule has 0 atom stereocenters. The lowest BCUT2D eigenvalue weighted by Crippen LogP contribution is -2.17. The van der Waals surface area contributed by atoms with E-state index in [1.807, 2.05) is 27.7 Å². The summed E-state index contributed by atoms with van der Waals surface area (Å²) >= 11 is 0. The molecule has 0 aliphatic rings. The fourth-order valence-corrected chi connectivity index (χ4v) is 2.77. The van der Waals surface area contributed by atoms with Gasteiger partial charge in [0.05, 0.1) is 5.69 Å². The van der Waals surface area contributed by atoms with Crippen LogP contribution in [-0.2, 0) is 10.8 Å². The number of hydrogen-bond acceptors (Lipinski definition) is 3. The molecule has 3 nitrogen and oxygen atoms in total. The fraction of sp³-hybridized carbons (Fsp3) is 0.591. The predicted molar refractivity (Wildman–Crippen MR) is 107 cm³/mol. The number of pyridine rings is 1. The van der Waals surface area contributed by atoms with Crippen LogP contribution in [0.25, 0.3) is 0 Å². The van der Waals surface area contributed by atoms with Gasteiger partial charge in [-0.25, -0.2) is 9.97 Å². The average Bonchev–Trinajstić information content (AvgIpc) is 2.40. The summed E-state index contributed by atoms with van der Waals surface area (Å²) in [5.74, 6) is 0.869. The highest BCUT2D eigenvalue weighted by Crippen LogP contribution is 2.24. The van der Waals surface area contributed by atoms with E-state index < -0.39 is 0 Å². The van der Waals surface area contributed by atoms with Crippen LogP contribution in [0.3, 0.4) is 0 Å². The SMILES string of the molecule is Cc1cc(C(C)(C)C)cc(C)n1.Cc1nc(C)c(C)c(C(C)(C)C)n1. The maximum atomic E-state index is 4.49. The Labute approximate surface area is 154 Å². The van der Waals surface area contributed by atoms with Gasteiger partial charge in [0.25, 0.3) is 0 Å². The monoisotopic (exact) mass is 341 g/mol. The molecule has 2 aromatic rings. The highest BCUT2D eigenvalue weighted by atomic mass is 14.9. The fourth-order valence-electron chi connectivity index (χ4n) is 2.77. The van der Waals surface area contributed by atoms with Gasteiger partial charge in [-0.3, -0.25) is 4.98 Å². The normalized spacial score (nSPS) is 11.8. The highest BCUT2D eigenvalue weighted by Gasteiger charge is 2.19. The molecule has 0 saturated carbocycles. The molecule has 0 amide bonds. The Morgan fingerprint density at radius 2 is 1.12 bits per heavy atom. The first kappa shape index (κ1) is 21.3. The largest absolute Gasteiger partial charge is 0.258 e. The van der Waals surface area contributed by atoms with E-state index in [0.717, 1.165) is 28.6 Å². The first-order valence-electron chi connectivity index (χ1n) is 9.00. The molecule has 0 radical (unpaired) electrons. The van der Waals surface area contributed by atoms with E-state index in [2.05, 4.69) is 75.6 Å². The van der Waals surface area contributed by atoms with Crippen molar-refractivity contribution in [3.05, 3.63) is 51.9 Å². The van der Waals surface area contributed by atoms with Crippen molar-refractivity contribution in [2.45, 2.75) is 87.0 Å². The van der Waals surface area contributed by atoms with E-state index in [1.165, 1.54) is 11.1 Å². The molecule has 3 heteroatoms. The lowest BCUT2D eigenvalue weighted by atomic mass is 9.87. The predicted octanol–water partition coefficient (Wildman–Crippen LogP) is 5.70. The standard InChI is InChI=1S/C11H18N2.C11H17N/c1-7-8(2)12-9(3)13-10(7)11(4,5)6;1-8-6-10(11(3,4)5)7-9(2)12-8/h1-6H3;6-7H,1-5H3. The number of nitrogens with zero attached hydrogens (tertiary/aromatic N) is 3. The quantitative estimate of drug-likeness (QED) is 0.617. The molecule has 0 saturated heterocycles. The van der Waals surface area contributed by atoms with Crippen LogP contribution in [0.1, 0.15) is 81.3 Å². The second-order valence-electron chi connectivity index (χ2n) is 8.97. The van der Waals surface area contributed by atoms with Crippen molar-refractivity contribution >= 4 is 0 Å². The van der Waals surface area contributed by atoms with E-state index in [4.69, 9.17) is 0 Å². The summed E-state index contributed by atoms with van der Waals surface area (Å²) < 4.78 is 0. The van der Waals surface area contributed by atoms with Crippen molar-refractivity contribution in [3.8, 4) is 0 Å². The summed E-state index contributed by atoms with van der Waals surface area (Å²) in [6.45, 7) is 23.4. The zero-order valence-corrected chi connectivity index (χ0v) is 18.0. The van der Waals surface area contributed by atoms with E-state index in [-0.39, 0.29) is 10.8 Å². The van der Waals surface area contributed by atoms with E-state index in [0.29, 0.717) is 0 Å². The molecular formula is C22H35N3. The Bertz CT molecular complexity index is 712. The zero-order chi connectivity index (χ0) is 19.6. The molecule has 0 spiro atoms. The van der Waals surface area contributed by atoms with Crippen LogP contribution in [0.4, 0.5) is 0 Å². The average molecular weight is 342 g/mol. The zero-order valence-electron chi connectivity index (χ0n) is 18.0. The molecule has 2 heterocycles. The molecule has 0 aliphatic carbocycles. The Hall–Kier alpha value is -1.77. The number of hydrogen-bond donors (Lipinski definition) is 0. The Kier molecular flexibility index (Phi) is 6.50. The van der Waals surface area contributed by atoms with Crippen molar-refractivity contribution < 1.29 is 0 Å². The number of aromatic nitrogens is 3. The van der Waals surface area contributed by atoms with Crippen LogP contribution in [0.5, 0.6) is 0 Å². The molecule has 2 rings (SSSR count). The van der Waals surface area contributed by atoms with Crippen molar-refractivity contribution in [2.75, 3.05) is 0 Å². The lowest BCUT2D eigenvalue weighted by molar-refractivity contribution is 0.557. The second kappa shape index (κ2) is 7.63. The summed E-state index contributed by atoms with van der Waals surface area (Å²) in [5.41, 5.74) is 7.42. The highest BCUT2D eigenvalue weighted by molar-refractivity contribution is 5.28. The molecule has 0 fully saturated rings. The van der Waals surface area contributed by atoms with E-state index in [9.17, 15) is 0 Å². The van der Waals surface area contributed by atoms with Gasteiger partial charge in [-0.05, 0) is 63.3 Å². The molecule has 138 valence electrons. The third-order valence-corrected chi connectivity index (χ3v) is 4.16. The van der Waals surface area contributed by atoms with E-state index in [1.54, 1.807) is 0 Å². The maximum absolute atomic E-state index is 4.49. The van der Waals surface area contributed by atoms with Gasteiger partial charge in [-0.15, -0.1) is 0 Å². The van der Waals surface area contributed by atoms with Crippen LogP contribution in [0.2, 0.25) is 0 Å². The van der Waals surface area contributed by atoms with Crippen LogP contribution in [0.15, 0.2) is 12.1 Å². The van der Waals surface area contributed by atoms with Gasteiger partial charge < -0.3 is 0 Å². The number of rotatable bonds is 0. The van der Waals surface area contributed by atoms with Crippen LogP contribution < -0.4 is 0 Å². The minimum Gasteiger partial charge on any atom is -0.258 e. The molecule has 0 unspecified atom stereocenters. The lowest BCUT2D eigenvalue weighted by Gasteiger charge is -2.21. The summed E-state index contributed by atoms with van der Waals surface area (Å²) in [4.78, 5) is 13.2. The van der Waals surface area contributed by atoms with Gasteiger partial charge in [0.1, 0.15) is 5.82 Å². The van der Waals surface area contributed by atoms with Gasteiger partial charge in [0.15, 0.2) is 0 Å². The molecule has 0 bridgehead atoms.